The van der Waals surface area contributed by atoms with Crippen LogP contribution < -0.4 is 5.32 Å². The maximum absolute atomic E-state index is 13.0. The van der Waals surface area contributed by atoms with E-state index in [9.17, 15) is 19.4 Å². The summed E-state index contributed by atoms with van der Waals surface area (Å²) >= 11 is 0. The molecule has 9 heteroatoms. The van der Waals surface area contributed by atoms with Crippen LogP contribution in [0.5, 0.6) is 0 Å². The Labute approximate surface area is 412 Å². The standard InChI is InChI=1S/C57H115N2O6P/c1-6-8-10-12-14-16-18-20-22-24-25-26-27-28-29-30-31-32-33-34-35-37-39-41-43-45-47-49-51-57(61)58-55(54-65-66(62,63)64-53-52-59(3,4)5)56(60)50-48-46-44-42-40-38-36-23-21-19-17-15-13-11-9-7-2/h48,50,55-56,60H,6-47,49,51-54H2,1-5H3,(H-,58,61,62,63)/p+1/b50-48+/t55-,56+/m0/s1. The molecule has 0 aliphatic carbocycles. The maximum atomic E-state index is 13.0. The average molecular weight is 957 g/mol. The Hall–Kier alpha value is -0.760. The van der Waals surface area contributed by atoms with Crippen molar-refractivity contribution in [3.8, 4) is 0 Å². The van der Waals surface area contributed by atoms with Crippen molar-refractivity contribution >= 4 is 13.7 Å². The third-order valence-corrected chi connectivity index (χ3v) is 14.5. The quantitative estimate of drug-likeness (QED) is 0.0243. The second-order valence-electron chi connectivity index (χ2n) is 21.4. The number of amides is 1. The summed E-state index contributed by atoms with van der Waals surface area (Å²) in [6.07, 6.45) is 60.3. The SMILES string of the molecule is CCCCCCCCCCCCCCCC/C=C/[C@@H](O)[C@H](COP(=O)(O)OCC[N+](C)(C)C)NC(=O)CCCCCCCCCCCCCCCCCCCCCCCCCCCCCC. The number of nitrogens with zero attached hydrogens (tertiary/aromatic N) is 1. The number of rotatable bonds is 54. The normalized spacial score (nSPS) is 14.0. The number of carbonyl (C=O) groups is 1. The third-order valence-electron chi connectivity index (χ3n) is 13.5. The first-order valence-electron chi connectivity index (χ1n) is 29.1. The molecule has 0 aliphatic heterocycles. The summed E-state index contributed by atoms with van der Waals surface area (Å²) in [5, 5.41) is 13.9. The Bertz CT molecular complexity index is 1080. The van der Waals surface area contributed by atoms with Crippen LogP contribution in [0, 0.1) is 0 Å². The predicted octanol–water partition coefficient (Wildman–Crippen LogP) is 17.4. The molecule has 3 atom stereocenters. The zero-order chi connectivity index (χ0) is 48.5. The number of hydrogen-bond donors (Lipinski definition) is 3. The summed E-state index contributed by atoms with van der Waals surface area (Å²) in [6, 6.07) is -0.841. The van der Waals surface area contributed by atoms with Crippen molar-refractivity contribution in [1.29, 1.82) is 0 Å². The van der Waals surface area contributed by atoms with Gasteiger partial charge in [0.25, 0.3) is 0 Å². The zero-order valence-corrected chi connectivity index (χ0v) is 45.9. The van der Waals surface area contributed by atoms with Gasteiger partial charge < -0.3 is 19.8 Å². The number of unbranched alkanes of at least 4 members (excludes halogenated alkanes) is 41. The van der Waals surface area contributed by atoms with E-state index >= 15 is 0 Å². The molecule has 0 saturated heterocycles. The molecule has 0 aromatic heterocycles. The predicted molar refractivity (Wildman–Crippen MR) is 286 cm³/mol. The highest BCUT2D eigenvalue weighted by atomic mass is 31.2. The molecule has 0 aromatic carbocycles. The monoisotopic (exact) mass is 956 g/mol. The van der Waals surface area contributed by atoms with Crippen molar-refractivity contribution in [2.75, 3.05) is 40.9 Å². The van der Waals surface area contributed by atoms with E-state index in [4.69, 9.17) is 9.05 Å². The second kappa shape index (κ2) is 49.2. The van der Waals surface area contributed by atoms with Gasteiger partial charge in [0, 0.05) is 6.42 Å². The van der Waals surface area contributed by atoms with Crippen LogP contribution in [0.4, 0.5) is 0 Å². The van der Waals surface area contributed by atoms with Gasteiger partial charge in [0.2, 0.25) is 5.91 Å². The molecule has 0 saturated carbocycles. The van der Waals surface area contributed by atoms with Crippen LogP contribution in [0.3, 0.4) is 0 Å². The molecule has 394 valence electrons. The molecule has 0 aliphatic rings. The largest absolute Gasteiger partial charge is 0.472 e. The number of aliphatic hydroxyl groups excluding tert-OH is 1. The molecule has 0 aromatic rings. The van der Waals surface area contributed by atoms with Crippen LogP contribution in [-0.4, -0.2) is 73.4 Å². The summed E-state index contributed by atoms with van der Waals surface area (Å²) < 4.78 is 23.7. The van der Waals surface area contributed by atoms with Crippen LogP contribution >= 0.6 is 7.82 Å². The summed E-state index contributed by atoms with van der Waals surface area (Å²) in [4.78, 5) is 23.3. The van der Waals surface area contributed by atoms with Gasteiger partial charge in [0.15, 0.2) is 0 Å². The molecule has 0 rings (SSSR count). The number of nitrogens with one attached hydrogen (secondary N) is 1. The number of aliphatic hydroxyl groups is 1. The van der Waals surface area contributed by atoms with Crippen LogP contribution in [0.1, 0.15) is 296 Å². The van der Waals surface area contributed by atoms with Gasteiger partial charge in [-0.15, -0.1) is 0 Å². The number of phosphoric acid groups is 1. The van der Waals surface area contributed by atoms with Gasteiger partial charge in [-0.2, -0.15) is 0 Å². The zero-order valence-electron chi connectivity index (χ0n) is 45.0. The van der Waals surface area contributed by atoms with E-state index in [1.807, 2.05) is 27.2 Å². The van der Waals surface area contributed by atoms with E-state index < -0.39 is 20.0 Å². The lowest BCUT2D eigenvalue weighted by Crippen LogP contribution is -2.45. The Balaban J connectivity index is 4.08. The Morgan fingerprint density at radius 3 is 1.12 bits per heavy atom. The minimum absolute atomic E-state index is 0.0651. The van der Waals surface area contributed by atoms with Crippen LogP contribution in [-0.2, 0) is 18.4 Å². The summed E-state index contributed by atoms with van der Waals surface area (Å²) in [6.45, 7) is 4.86. The molecule has 0 radical (unpaired) electrons. The fraction of sp³-hybridized carbons (Fsp3) is 0.947. The van der Waals surface area contributed by atoms with E-state index in [2.05, 4.69) is 19.2 Å². The molecular weight excluding hydrogens is 840 g/mol. The van der Waals surface area contributed by atoms with E-state index in [1.165, 1.54) is 244 Å². The molecule has 0 bridgehead atoms. The smallest absolute Gasteiger partial charge is 0.387 e. The van der Waals surface area contributed by atoms with Crippen molar-refractivity contribution < 1.29 is 32.9 Å². The fourth-order valence-corrected chi connectivity index (χ4v) is 9.66. The molecular formula is C57H116N2O6P+. The summed E-state index contributed by atoms with van der Waals surface area (Å²) in [7, 11) is 1.59. The Morgan fingerprint density at radius 1 is 0.500 bits per heavy atom. The second-order valence-corrected chi connectivity index (χ2v) is 22.8. The summed E-state index contributed by atoms with van der Waals surface area (Å²) in [5.41, 5.74) is 0. The number of likely N-dealkylation sites (N-methyl/N-ethyl adjacent to an activating group) is 1. The minimum atomic E-state index is -4.34. The molecule has 0 heterocycles. The van der Waals surface area contributed by atoms with Crippen LogP contribution in [0.15, 0.2) is 12.2 Å². The maximum Gasteiger partial charge on any atom is 0.472 e. The van der Waals surface area contributed by atoms with Gasteiger partial charge in [-0.3, -0.25) is 13.8 Å². The van der Waals surface area contributed by atoms with Crippen molar-refractivity contribution in [1.82, 2.24) is 5.32 Å². The highest BCUT2D eigenvalue weighted by Crippen LogP contribution is 2.43. The van der Waals surface area contributed by atoms with Crippen LogP contribution in [0.25, 0.3) is 0 Å². The minimum Gasteiger partial charge on any atom is -0.387 e. The number of hydrogen-bond acceptors (Lipinski definition) is 5. The van der Waals surface area contributed by atoms with Gasteiger partial charge in [0.05, 0.1) is 39.9 Å². The lowest BCUT2D eigenvalue weighted by Gasteiger charge is -2.25. The molecule has 0 fully saturated rings. The van der Waals surface area contributed by atoms with Crippen molar-refractivity contribution in [3.05, 3.63) is 12.2 Å². The van der Waals surface area contributed by atoms with Crippen molar-refractivity contribution in [3.63, 3.8) is 0 Å². The van der Waals surface area contributed by atoms with Gasteiger partial charge in [-0.05, 0) is 19.3 Å². The van der Waals surface area contributed by atoms with E-state index in [-0.39, 0.29) is 19.1 Å². The Morgan fingerprint density at radius 2 is 0.803 bits per heavy atom. The van der Waals surface area contributed by atoms with Gasteiger partial charge >= 0.3 is 7.82 Å². The number of carbonyl (C=O) groups excluding carboxylic acids is 1. The fourth-order valence-electron chi connectivity index (χ4n) is 8.93. The van der Waals surface area contributed by atoms with Gasteiger partial charge in [-0.25, -0.2) is 4.57 Å². The molecule has 3 N–H and O–H groups in total. The first-order chi connectivity index (χ1) is 32.0. The van der Waals surface area contributed by atoms with E-state index in [0.717, 1.165) is 32.1 Å². The topological polar surface area (TPSA) is 105 Å². The van der Waals surface area contributed by atoms with E-state index in [0.29, 0.717) is 17.4 Å². The van der Waals surface area contributed by atoms with E-state index in [1.54, 1.807) is 6.08 Å². The third kappa shape index (κ3) is 51.1. The average Bonchev–Trinajstić information content (AvgIpc) is 3.28. The number of allylic oxidation sites excluding steroid dienone is 1. The molecule has 66 heavy (non-hydrogen) atoms. The lowest BCUT2D eigenvalue weighted by atomic mass is 10.0. The first-order valence-corrected chi connectivity index (χ1v) is 30.6. The molecule has 0 spiro atoms. The van der Waals surface area contributed by atoms with Crippen molar-refractivity contribution in [2.24, 2.45) is 0 Å². The van der Waals surface area contributed by atoms with Crippen LogP contribution in [0.2, 0.25) is 0 Å². The van der Waals surface area contributed by atoms with Gasteiger partial charge in [-0.1, -0.05) is 283 Å². The highest BCUT2D eigenvalue weighted by molar-refractivity contribution is 7.47. The highest BCUT2D eigenvalue weighted by Gasteiger charge is 2.27. The molecule has 8 nitrogen and oxygen atoms in total. The van der Waals surface area contributed by atoms with Crippen molar-refractivity contribution in [2.45, 2.75) is 309 Å². The summed E-state index contributed by atoms with van der Waals surface area (Å²) in [5.74, 6) is -0.170. The number of phosphoric ester groups is 1. The lowest BCUT2D eigenvalue weighted by molar-refractivity contribution is -0.870. The molecule has 1 amide bonds. The van der Waals surface area contributed by atoms with Gasteiger partial charge in [0.1, 0.15) is 13.2 Å². The number of quaternary nitrogens is 1. The Kier molecular flexibility index (Phi) is 48.7. The first kappa shape index (κ1) is 65.2. The molecule has 1 unspecified atom stereocenters.